The molecule has 0 bridgehead atoms. The van der Waals surface area contributed by atoms with Crippen LogP contribution in [0.2, 0.25) is 0 Å². The minimum absolute atomic E-state index is 0.357. The average molecular weight is 335 g/mol. The van der Waals surface area contributed by atoms with Crippen LogP contribution in [0.3, 0.4) is 0 Å². The van der Waals surface area contributed by atoms with Gasteiger partial charge in [0.05, 0.1) is 19.3 Å². The monoisotopic (exact) mass is 335 g/mol. The summed E-state index contributed by atoms with van der Waals surface area (Å²) >= 11 is 0. The van der Waals surface area contributed by atoms with Crippen molar-refractivity contribution in [1.29, 1.82) is 0 Å². The van der Waals surface area contributed by atoms with Crippen LogP contribution in [0.4, 0.5) is 0 Å². The third-order valence-corrected chi connectivity index (χ3v) is 4.60. The fraction of sp³-hybridized carbons (Fsp3) is 0.700. The first-order valence-electron chi connectivity index (χ1n) is 9.37. The Kier molecular flexibility index (Phi) is 8.57. The van der Waals surface area contributed by atoms with Gasteiger partial charge in [-0.15, -0.1) is 0 Å². The Morgan fingerprint density at radius 1 is 1.08 bits per heavy atom. The molecule has 0 spiro atoms. The molecule has 1 aromatic rings. The Morgan fingerprint density at radius 2 is 1.79 bits per heavy atom. The largest absolute Gasteiger partial charge is 0.491 e. The van der Waals surface area contributed by atoms with Gasteiger partial charge < -0.3 is 19.9 Å². The Balaban J connectivity index is 1.51. The van der Waals surface area contributed by atoms with E-state index in [1.165, 1.54) is 37.7 Å². The fourth-order valence-corrected chi connectivity index (χ4v) is 3.06. The molecule has 1 aromatic carbocycles. The minimum Gasteiger partial charge on any atom is -0.491 e. The number of aliphatic hydroxyl groups is 1. The summed E-state index contributed by atoms with van der Waals surface area (Å²) in [5.41, 5.74) is 1.31. The Morgan fingerprint density at radius 3 is 2.46 bits per heavy atom. The van der Waals surface area contributed by atoms with Crippen molar-refractivity contribution in [2.24, 2.45) is 0 Å². The Bertz CT molecular complexity index is 441. The molecule has 1 atom stereocenters. The molecule has 0 saturated heterocycles. The quantitative estimate of drug-likeness (QED) is 0.643. The van der Waals surface area contributed by atoms with E-state index < -0.39 is 6.10 Å². The first-order valence-corrected chi connectivity index (χ1v) is 9.37. The summed E-state index contributed by atoms with van der Waals surface area (Å²) in [4.78, 5) is 0. The number of hydrogen-bond donors (Lipinski definition) is 2. The molecular formula is C20H33NO3. The van der Waals surface area contributed by atoms with E-state index in [-0.39, 0.29) is 0 Å². The zero-order valence-electron chi connectivity index (χ0n) is 15.2. The van der Waals surface area contributed by atoms with E-state index in [4.69, 9.17) is 9.47 Å². The lowest BCUT2D eigenvalue weighted by Crippen LogP contribution is -2.38. The van der Waals surface area contributed by atoms with Crippen LogP contribution in [0.15, 0.2) is 24.3 Å². The lowest BCUT2D eigenvalue weighted by molar-refractivity contribution is 0.0235. The lowest BCUT2D eigenvalue weighted by atomic mass is 9.95. The molecule has 0 aliphatic heterocycles. The van der Waals surface area contributed by atoms with Gasteiger partial charge in [0.15, 0.2) is 0 Å². The van der Waals surface area contributed by atoms with Crippen LogP contribution in [0, 0.1) is 0 Å². The average Bonchev–Trinajstić information content (AvgIpc) is 2.61. The molecule has 2 rings (SSSR count). The highest BCUT2D eigenvalue weighted by Gasteiger charge is 2.14. The van der Waals surface area contributed by atoms with E-state index in [1.54, 1.807) is 0 Å². The Labute approximate surface area is 146 Å². The maximum Gasteiger partial charge on any atom is 0.119 e. The van der Waals surface area contributed by atoms with Crippen molar-refractivity contribution in [3.63, 3.8) is 0 Å². The van der Waals surface area contributed by atoms with Gasteiger partial charge in [-0.3, -0.25) is 0 Å². The van der Waals surface area contributed by atoms with Crippen molar-refractivity contribution < 1.29 is 14.6 Å². The number of rotatable bonds is 10. The third kappa shape index (κ3) is 7.20. The van der Waals surface area contributed by atoms with Crippen molar-refractivity contribution in [1.82, 2.24) is 5.32 Å². The molecule has 1 aliphatic rings. The van der Waals surface area contributed by atoms with E-state index >= 15 is 0 Å². The highest BCUT2D eigenvalue weighted by molar-refractivity contribution is 5.28. The smallest absolute Gasteiger partial charge is 0.119 e. The maximum absolute atomic E-state index is 9.95. The number of benzene rings is 1. The van der Waals surface area contributed by atoms with Crippen molar-refractivity contribution in [3.8, 4) is 5.75 Å². The van der Waals surface area contributed by atoms with Crippen LogP contribution >= 0.6 is 0 Å². The van der Waals surface area contributed by atoms with Gasteiger partial charge in [-0.1, -0.05) is 45.2 Å². The van der Waals surface area contributed by atoms with Crippen LogP contribution in [0.5, 0.6) is 5.75 Å². The summed E-state index contributed by atoms with van der Waals surface area (Å²) in [5.74, 6) is 1.40. The van der Waals surface area contributed by atoms with E-state index in [0.717, 1.165) is 5.75 Å². The maximum atomic E-state index is 9.95. The van der Waals surface area contributed by atoms with Crippen LogP contribution in [-0.4, -0.2) is 43.6 Å². The van der Waals surface area contributed by atoms with Gasteiger partial charge in [0.25, 0.3) is 0 Å². The molecular weight excluding hydrogens is 302 g/mol. The molecule has 1 aliphatic carbocycles. The molecule has 1 saturated carbocycles. The summed E-state index contributed by atoms with van der Waals surface area (Å²) in [6.45, 7) is 6.32. The summed E-state index contributed by atoms with van der Waals surface area (Å²) in [6.07, 6.45) is 5.98. The summed E-state index contributed by atoms with van der Waals surface area (Å²) in [6, 6.07) is 8.77. The molecule has 0 radical (unpaired) electrons. The number of aliphatic hydroxyl groups excluding tert-OH is 1. The summed E-state index contributed by atoms with van der Waals surface area (Å²) in [5, 5.41) is 13.4. The van der Waals surface area contributed by atoms with Gasteiger partial charge in [-0.2, -0.15) is 0 Å². The lowest BCUT2D eigenvalue weighted by Gasteiger charge is -2.24. The second kappa shape index (κ2) is 10.7. The second-order valence-corrected chi connectivity index (χ2v) is 7.04. The molecule has 0 unspecified atom stereocenters. The second-order valence-electron chi connectivity index (χ2n) is 7.04. The van der Waals surface area contributed by atoms with Gasteiger partial charge in [-0.05, 0) is 36.5 Å². The van der Waals surface area contributed by atoms with E-state index in [2.05, 4.69) is 31.3 Å². The van der Waals surface area contributed by atoms with Crippen molar-refractivity contribution >= 4 is 0 Å². The topological polar surface area (TPSA) is 50.7 Å². The van der Waals surface area contributed by atoms with Crippen LogP contribution in [0.1, 0.15) is 57.4 Å². The van der Waals surface area contributed by atoms with Gasteiger partial charge in [0.2, 0.25) is 0 Å². The van der Waals surface area contributed by atoms with Gasteiger partial charge in [-0.25, -0.2) is 0 Å². The van der Waals surface area contributed by atoms with Crippen molar-refractivity contribution in [3.05, 3.63) is 29.8 Å². The molecule has 136 valence electrons. The molecule has 4 heteroatoms. The molecule has 2 N–H and O–H groups in total. The first-order chi connectivity index (χ1) is 11.6. The van der Waals surface area contributed by atoms with Crippen LogP contribution < -0.4 is 10.1 Å². The molecule has 0 aromatic heterocycles. The zero-order chi connectivity index (χ0) is 17.2. The molecule has 4 nitrogen and oxygen atoms in total. The molecule has 1 fully saturated rings. The standard InChI is InChI=1S/C20H33NO3/c1-16(2)17-8-10-20(11-9-17)24-13-12-23-15-19(22)14-21-18-6-4-3-5-7-18/h8-11,16,18-19,21-22H,3-7,12-15H2,1-2H3/t19-/m0/s1. The van der Waals surface area contributed by atoms with Gasteiger partial charge in [0, 0.05) is 12.6 Å². The Hall–Kier alpha value is -1.10. The SMILES string of the molecule is CC(C)c1ccc(OCCOC[C@@H](O)CNC2CCCCC2)cc1. The summed E-state index contributed by atoms with van der Waals surface area (Å²) in [7, 11) is 0. The molecule has 0 heterocycles. The van der Waals surface area contributed by atoms with E-state index in [0.29, 0.717) is 38.3 Å². The zero-order valence-corrected chi connectivity index (χ0v) is 15.2. The highest BCUT2D eigenvalue weighted by atomic mass is 16.5. The van der Waals surface area contributed by atoms with Gasteiger partial charge in [0.1, 0.15) is 12.4 Å². The number of ether oxygens (including phenoxy) is 2. The predicted octanol–water partition coefficient (Wildman–Crippen LogP) is 3.49. The van der Waals surface area contributed by atoms with Crippen molar-refractivity contribution in [2.45, 2.75) is 64.0 Å². The van der Waals surface area contributed by atoms with E-state index in [1.807, 2.05) is 12.1 Å². The highest BCUT2D eigenvalue weighted by Crippen LogP contribution is 2.18. The van der Waals surface area contributed by atoms with Crippen molar-refractivity contribution in [2.75, 3.05) is 26.4 Å². The third-order valence-electron chi connectivity index (χ3n) is 4.60. The van der Waals surface area contributed by atoms with Crippen LogP contribution in [-0.2, 0) is 4.74 Å². The van der Waals surface area contributed by atoms with Crippen LogP contribution in [0.25, 0.3) is 0 Å². The number of hydrogen-bond acceptors (Lipinski definition) is 4. The molecule has 24 heavy (non-hydrogen) atoms. The van der Waals surface area contributed by atoms with E-state index in [9.17, 15) is 5.11 Å². The summed E-state index contributed by atoms with van der Waals surface area (Å²) < 4.78 is 11.2. The first kappa shape index (κ1) is 19.2. The predicted molar refractivity (Wildman–Crippen MR) is 97.7 cm³/mol. The molecule has 0 amide bonds. The normalized spacial score (nSPS) is 17.2. The van der Waals surface area contributed by atoms with Gasteiger partial charge >= 0.3 is 0 Å². The fourth-order valence-electron chi connectivity index (χ4n) is 3.06. The minimum atomic E-state index is -0.447. The number of nitrogens with one attached hydrogen (secondary N) is 1.